The lowest BCUT2D eigenvalue weighted by Crippen LogP contribution is -2.36. The molecule has 1 atom stereocenters. The first-order chi connectivity index (χ1) is 6.11. The first-order valence-corrected chi connectivity index (χ1v) is 4.69. The number of carbonyl (C=O) groups is 1. The van der Waals surface area contributed by atoms with E-state index < -0.39 is 0 Å². The van der Waals surface area contributed by atoms with Crippen molar-refractivity contribution in [2.24, 2.45) is 0 Å². The maximum atomic E-state index is 11.2. The molecule has 13 heavy (non-hydrogen) atoms. The average Bonchev–Trinajstić information content (AvgIpc) is 2.11. The van der Waals surface area contributed by atoms with E-state index in [0.717, 1.165) is 12.8 Å². The normalized spacial score (nSPS) is 12.2. The van der Waals surface area contributed by atoms with Gasteiger partial charge >= 0.3 is 0 Å². The van der Waals surface area contributed by atoms with Gasteiger partial charge in [-0.3, -0.25) is 4.79 Å². The quantitative estimate of drug-likeness (QED) is 0.506. The fraction of sp³-hybridized carbons (Fsp3) is 0.700. The Bertz CT molecular complexity index is 178. The maximum absolute atomic E-state index is 11.2. The summed E-state index contributed by atoms with van der Waals surface area (Å²) in [5, 5.41) is 2.74. The standard InChI is InChI=1S/C10H19NO2/c1-5-7-13-9(6-2)11-10(12)8(3)4/h9H,3,5-7H2,1-2,4H3,(H,11,12). The minimum absolute atomic E-state index is 0.136. The lowest BCUT2D eigenvalue weighted by atomic mass is 10.3. The topological polar surface area (TPSA) is 38.3 Å². The van der Waals surface area contributed by atoms with E-state index in [2.05, 4.69) is 11.9 Å². The summed E-state index contributed by atoms with van der Waals surface area (Å²) in [5.41, 5.74) is 0.513. The SMILES string of the molecule is C=C(C)C(=O)NC(CC)OCCC. The number of ether oxygens (including phenoxy) is 1. The second kappa shape index (κ2) is 6.66. The van der Waals surface area contributed by atoms with Crippen LogP contribution in [0.3, 0.4) is 0 Å². The van der Waals surface area contributed by atoms with Crippen molar-refractivity contribution >= 4 is 5.91 Å². The van der Waals surface area contributed by atoms with Crippen LogP contribution in [0.2, 0.25) is 0 Å². The fourth-order valence-corrected chi connectivity index (χ4v) is 0.791. The highest BCUT2D eigenvalue weighted by Gasteiger charge is 2.09. The van der Waals surface area contributed by atoms with Gasteiger partial charge < -0.3 is 10.1 Å². The van der Waals surface area contributed by atoms with Gasteiger partial charge in [0.1, 0.15) is 6.23 Å². The van der Waals surface area contributed by atoms with Crippen molar-refractivity contribution in [3.8, 4) is 0 Å². The van der Waals surface area contributed by atoms with Crippen molar-refractivity contribution in [3.05, 3.63) is 12.2 Å². The number of hydrogen-bond donors (Lipinski definition) is 1. The molecule has 0 aliphatic rings. The van der Waals surface area contributed by atoms with Crippen LogP contribution in [0, 0.1) is 0 Å². The van der Waals surface area contributed by atoms with Crippen molar-refractivity contribution < 1.29 is 9.53 Å². The molecule has 76 valence electrons. The maximum Gasteiger partial charge on any atom is 0.248 e. The summed E-state index contributed by atoms with van der Waals surface area (Å²) in [7, 11) is 0. The Hall–Kier alpha value is -0.830. The van der Waals surface area contributed by atoms with Gasteiger partial charge in [-0.1, -0.05) is 20.4 Å². The van der Waals surface area contributed by atoms with Gasteiger partial charge in [0.2, 0.25) is 5.91 Å². The van der Waals surface area contributed by atoms with Gasteiger partial charge in [0.15, 0.2) is 0 Å². The summed E-state index contributed by atoms with van der Waals surface area (Å²) in [4.78, 5) is 11.2. The predicted octanol–water partition coefficient (Wildman–Crippen LogP) is 1.84. The lowest BCUT2D eigenvalue weighted by molar-refractivity contribution is -0.121. The van der Waals surface area contributed by atoms with Crippen molar-refractivity contribution in [1.82, 2.24) is 5.32 Å². The summed E-state index contributed by atoms with van der Waals surface area (Å²) >= 11 is 0. The zero-order chi connectivity index (χ0) is 10.3. The molecule has 0 aromatic carbocycles. The van der Waals surface area contributed by atoms with Crippen LogP contribution in [-0.2, 0) is 9.53 Å². The third-order valence-electron chi connectivity index (χ3n) is 1.57. The second-order valence-corrected chi connectivity index (χ2v) is 3.02. The van der Waals surface area contributed by atoms with E-state index in [1.165, 1.54) is 0 Å². The van der Waals surface area contributed by atoms with Crippen LogP contribution in [0.4, 0.5) is 0 Å². The average molecular weight is 185 g/mol. The van der Waals surface area contributed by atoms with Crippen LogP contribution in [-0.4, -0.2) is 18.7 Å². The monoisotopic (exact) mass is 185 g/mol. The molecule has 3 heteroatoms. The molecule has 1 amide bonds. The summed E-state index contributed by atoms with van der Waals surface area (Å²) < 4.78 is 5.39. The summed E-state index contributed by atoms with van der Waals surface area (Å²) in [6.07, 6.45) is 1.56. The number of amides is 1. The first kappa shape index (κ1) is 12.2. The number of nitrogens with one attached hydrogen (secondary N) is 1. The largest absolute Gasteiger partial charge is 0.359 e. The Morgan fingerprint density at radius 2 is 2.15 bits per heavy atom. The molecule has 0 aromatic heterocycles. The van der Waals surface area contributed by atoms with E-state index in [1.54, 1.807) is 6.92 Å². The third kappa shape index (κ3) is 5.42. The zero-order valence-electron chi connectivity index (χ0n) is 8.72. The van der Waals surface area contributed by atoms with E-state index in [4.69, 9.17) is 4.74 Å². The summed E-state index contributed by atoms with van der Waals surface area (Å²) in [6, 6.07) is 0. The van der Waals surface area contributed by atoms with Gasteiger partial charge in [0.25, 0.3) is 0 Å². The minimum atomic E-state index is -0.177. The van der Waals surface area contributed by atoms with E-state index in [1.807, 2.05) is 13.8 Å². The van der Waals surface area contributed by atoms with E-state index in [0.29, 0.717) is 12.2 Å². The van der Waals surface area contributed by atoms with Gasteiger partial charge in [-0.2, -0.15) is 0 Å². The van der Waals surface area contributed by atoms with Crippen molar-refractivity contribution in [1.29, 1.82) is 0 Å². The molecule has 0 aliphatic heterocycles. The Balaban J connectivity index is 3.83. The molecular weight excluding hydrogens is 166 g/mol. The van der Waals surface area contributed by atoms with Crippen molar-refractivity contribution in [3.63, 3.8) is 0 Å². The minimum Gasteiger partial charge on any atom is -0.359 e. The number of rotatable bonds is 6. The highest BCUT2D eigenvalue weighted by atomic mass is 16.5. The van der Waals surface area contributed by atoms with Crippen LogP contribution in [0.15, 0.2) is 12.2 Å². The molecule has 0 spiro atoms. The van der Waals surface area contributed by atoms with Crippen molar-refractivity contribution in [2.75, 3.05) is 6.61 Å². The van der Waals surface area contributed by atoms with E-state index >= 15 is 0 Å². The predicted molar refractivity (Wildman–Crippen MR) is 53.3 cm³/mol. The smallest absolute Gasteiger partial charge is 0.248 e. The van der Waals surface area contributed by atoms with Crippen LogP contribution >= 0.6 is 0 Å². The fourth-order valence-electron chi connectivity index (χ4n) is 0.791. The molecule has 1 unspecified atom stereocenters. The van der Waals surface area contributed by atoms with Crippen LogP contribution in [0.5, 0.6) is 0 Å². The molecule has 1 N–H and O–H groups in total. The third-order valence-corrected chi connectivity index (χ3v) is 1.57. The Morgan fingerprint density at radius 1 is 1.54 bits per heavy atom. The van der Waals surface area contributed by atoms with Gasteiger partial charge in [-0.05, 0) is 19.8 Å². The highest BCUT2D eigenvalue weighted by molar-refractivity contribution is 5.92. The Kier molecular flexibility index (Phi) is 6.24. The molecule has 0 rings (SSSR count). The molecule has 0 aromatic rings. The molecule has 3 nitrogen and oxygen atoms in total. The van der Waals surface area contributed by atoms with Gasteiger partial charge in [-0.25, -0.2) is 0 Å². The van der Waals surface area contributed by atoms with E-state index in [9.17, 15) is 4.79 Å². The van der Waals surface area contributed by atoms with Gasteiger partial charge in [-0.15, -0.1) is 0 Å². The molecule has 0 aliphatic carbocycles. The van der Waals surface area contributed by atoms with Crippen molar-refractivity contribution in [2.45, 2.75) is 39.8 Å². The molecule has 0 heterocycles. The summed E-state index contributed by atoms with van der Waals surface area (Å²) in [5.74, 6) is -0.136. The lowest BCUT2D eigenvalue weighted by Gasteiger charge is -2.17. The van der Waals surface area contributed by atoms with Crippen LogP contribution in [0.25, 0.3) is 0 Å². The number of carbonyl (C=O) groups excluding carboxylic acids is 1. The van der Waals surface area contributed by atoms with Crippen LogP contribution < -0.4 is 5.32 Å². The second-order valence-electron chi connectivity index (χ2n) is 3.02. The van der Waals surface area contributed by atoms with E-state index in [-0.39, 0.29) is 12.1 Å². The van der Waals surface area contributed by atoms with Gasteiger partial charge in [0, 0.05) is 12.2 Å². The zero-order valence-corrected chi connectivity index (χ0v) is 8.72. The highest BCUT2D eigenvalue weighted by Crippen LogP contribution is 1.97. The Labute approximate surface area is 80.2 Å². The Morgan fingerprint density at radius 3 is 2.54 bits per heavy atom. The van der Waals surface area contributed by atoms with Gasteiger partial charge in [0.05, 0.1) is 0 Å². The van der Waals surface area contributed by atoms with Crippen LogP contribution in [0.1, 0.15) is 33.6 Å². The first-order valence-electron chi connectivity index (χ1n) is 4.69. The molecular formula is C10H19NO2. The molecule has 0 saturated heterocycles. The summed E-state index contributed by atoms with van der Waals surface area (Å²) in [6.45, 7) is 9.92. The molecule has 0 radical (unpaired) electrons. The number of hydrogen-bond acceptors (Lipinski definition) is 2. The molecule has 0 bridgehead atoms. The molecule has 0 saturated carbocycles. The molecule has 0 fully saturated rings.